The number of carboxylic acid groups (broad SMARTS) is 1. The zero-order chi connectivity index (χ0) is 19.6. The first-order chi connectivity index (χ1) is 12.8. The predicted octanol–water partition coefficient (Wildman–Crippen LogP) is 1.87. The monoisotopic (exact) mass is 382 g/mol. The average Bonchev–Trinajstić information content (AvgIpc) is 3.42. The Bertz CT molecular complexity index is 751. The number of hydrogen-bond acceptors (Lipinski definition) is 4. The summed E-state index contributed by atoms with van der Waals surface area (Å²) in [5.74, 6) is -2.71. The van der Waals surface area contributed by atoms with E-state index in [9.17, 15) is 28.3 Å². The quantitative estimate of drug-likeness (QED) is 0.783. The molecule has 0 spiro atoms. The topological polar surface area (TPSA) is 95.9 Å². The van der Waals surface area contributed by atoms with Crippen LogP contribution in [0.15, 0.2) is 24.3 Å². The molecule has 1 aliphatic heterocycles. The van der Waals surface area contributed by atoms with Gasteiger partial charge in [-0.1, -0.05) is 12.1 Å². The Balaban J connectivity index is 1.68. The minimum absolute atomic E-state index is 0.00283. The van der Waals surface area contributed by atoms with Crippen LogP contribution in [0.3, 0.4) is 0 Å². The molecular weight excluding hydrogens is 362 g/mol. The number of halogens is 2. The van der Waals surface area contributed by atoms with Gasteiger partial charge in [-0.05, 0) is 37.8 Å². The van der Waals surface area contributed by atoms with Gasteiger partial charge >= 0.3 is 12.6 Å². The fourth-order valence-electron chi connectivity index (χ4n) is 3.24. The molecule has 1 saturated heterocycles. The molecule has 1 atom stereocenters. The van der Waals surface area contributed by atoms with Crippen molar-refractivity contribution in [2.24, 2.45) is 5.92 Å². The maximum atomic E-state index is 12.8. The van der Waals surface area contributed by atoms with Gasteiger partial charge in [-0.3, -0.25) is 9.59 Å². The number of alkyl halides is 2. The van der Waals surface area contributed by atoms with Crippen molar-refractivity contribution in [3.05, 3.63) is 29.8 Å². The van der Waals surface area contributed by atoms with E-state index >= 15 is 0 Å². The molecule has 1 heterocycles. The van der Waals surface area contributed by atoms with E-state index in [1.54, 1.807) is 6.07 Å². The Morgan fingerprint density at radius 3 is 2.59 bits per heavy atom. The highest BCUT2D eigenvalue weighted by molar-refractivity contribution is 5.97. The molecule has 146 valence electrons. The highest BCUT2D eigenvalue weighted by atomic mass is 19.3. The van der Waals surface area contributed by atoms with Gasteiger partial charge in [0, 0.05) is 13.1 Å². The normalized spacial score (nSPS) is 20.9. The van der Waals surface area contributed by atoms with E-state index in [4.69, 9.17) is 0 Å². The molecule has 0 aromatic heterocycles. The molecule has 1 unspecified atom stereocenters. The molecule has 1 aromatic rings. The first-order valence-corrected chi connectivity index (χ1v) is 8.71. The lowest BCUT2D eigenvalue weighted by Gasteiger charge is -2.33. The number of amides is 2. The lowest BCUT2D eigenvalue weighted by molar-refractivity contribution is -0.144. The molecule has 7 nitrogen and oxygen atoms in total. The summed E-state index contributed by atoms with van der Waals surface area (Å²) in [5.41, 5.74) is -1.18. The second-order valence-electron chi connectivity index (χ2n) is 6.84. The van der Waals surface area contributed by atoms with Crippen molar-refractivity contribution < 1.29 is 33.0 Å². The number of aliphatic carboxylic acids is 1. The number of carbonyl (C=O) groups is 3. The Labute approximate surface area is 154 Å². The zero-order valence-corrected chi connectivity index (χ0v) is 14.5. The fraction of sp³-hybridized carbons (Fsp3) is 0.500. The molecule has 9 heteroatoms. The Kier molecular flexibility index (Phi) is 5.29. The second kappa shape index (κ2) is 7.50. The fourth-order valence-corrected chi connectivity index (χ4v) is 3.24. The molecule has 3 rings (SSSR count). The number of benzene rings is 1. The SMILES string of the molecule is O=C(NC1(C(=O)O)CC1)C1CCCN(C(=O)c2ccccc2OC(F)F)C1. The summed E-state index contributed by atoms with van der Waals surface area (Å²) < 4.78 is 29.5. The largest absolute Gasteiger partial charge is 0.480 e. The highest BCUT2D eigenvalue weighted by Crippen LogP contribution is 2.36. The summed E-state index contributed by atoms with van der Waals surface area (Å²) in [6.45, 7) is -2.57. The van der Waals surface area contributed by atoms with E-state index in [1.807, 2.05) is 0 Å². The van der Waals surface area contributed by atoms with Gasteiger partial charge in [-0.25, -0.2) is 4.79 Å². The van der Waals surface area contributed by atoms with Crippen LogP contribution in [0.5, 0.6) is 5.75 Å². The number of likely N-dealkylation sites (tertiary alicyclic amines) is 1. The summed E-state index contributed by atoms with van der Waals surface area (Å²) in [6.07, 6.45) is 1.87. The average molecular weight is 382 g/mol. The van der Waals surface area contributed by atoms with E-state index < -0.39 is 35.9 Å². The lowest BCUT2D eigenvalue weighted by Crippen LogP contribution is -2.50. The van der Waals surface area contributed by atoms with Crippen molar-refractivity contribution in [1.29, 1.82) is 0 Å². The molecule has 0 radical (unpaired) electrons. The molecule has 0 bridgehead atoms. The van der Waals surface area contributed by atoms with Crippen LogP contribution in [-0.4, -0.2) is 53.0 Å². The molecular formula is C18H20F2N2O5. The number of rotatable bonds is 6. The molecule has 1 saturated carbocycles. The predicted molar refractivity (Wildman–Crippen MR) is 89.4 cm³/mol. The molecule has 2 N–H and O–H groups in total. The summed E-state index contributed by atoms with van der Waals surface area (Å²) >= 11 is 0. The third kappa shape index (κ3) is 4.17. The summed E-state index contributed by atoms with van der Waals surface area (Å²) in [6, 6.07) is 5.72. The Hall–Kier alpha value is -2.71. The molecule has 2 fully saturated rings. The number of hydrogen-bond donors (Lipinski definition) is 2. The summed E-state index contributed by atoms with van der Waals surface area (Å²) in [5, 5.41) is 11.8. The van der Waals surface area contributed by atoms with Gasteiger partial charge < -0.3 is 20.1 Å². The van der Waals surface area contributed by atoms with Gasteiger partial charge in [0.25, 0.3) is 5.91 Å². The van der Waals surface area contributed by atoms with Crippen molar-refractivity contribution in [2.75, 3.05) is 13.1 Å². The maximum absolute atomic E-state index is 12.8. The number of piperidine rings is 1. The van der Waals surface area contributed by atoms with Crippen molar-refractivity contribution in [1.82, 2.24) is 10.2 Å². The van der Waals surface area contributed by atoms with E-state index in [0.29, 0.717) is 32.2 Å². The van der Waals surface area contributed by atoms with Gasteiger partial charge in [-0.15, -0.1) is 0 Å². The van der Waals surface area contributed by atoms with E-state index in [0.717, 1.165) is 0 Å². The molecule has 27 heavy (non-hydrogen) atoms. The van der Waals surface area contributed by atoms with Gasteiger partial charge in [0.1, 0.15) is 11.3 Å². The van der Waals surface area contributed by atoms with Crippen LogP contribution in [0.4, 0.5) is 8.78 Å². The van der Waals surface area contributed by atoms with Crippen LogP contribution < -0.4 is 10.1 Å². The van der Waals surface area contributed by atoms with Crippen molar-refractivity contribution >= 4 is 17.8 Å². The minimum atomic E-state index is -3.05. The van der Waals surface area contributed by atoms with Gasteiger partial charge in [-0.2, -0.15) is 8.78 Å². The van der Waals surface area contributed by atoms with Gasteiger partial charge in [0.15, 0.2) is 0 Å². The Morgan fingerprint density at radius 1 is 1.26 bits per heavy atom. The summed E-state index contributed by atoms with van der Waals surface area (Å²) in [7, 11) is 0. The molecule has 2 amide bonds. The number of para-hydroxylation sites is 1. The Morgan fingerprint density at radius 2 is 1.96 bits per heavy atom. The highest BCUT2D eigenvalue weighted by Gasteiger charge is 2.52. The number of carbonyl (C=O) groups excluding carboxylic acids is 2. The second-order valence-corrected chi connectivity index (χ2v) is 6.84. The van der Waals surface area contributed by atoms with Crippen molar-refractivity contribution in [3.63, 3.8) is 0 Å². The smallest absolute Gasteiger partial charge is 0.387 e. The molecule has 1 aliphatic carbocycles. The first kappa shape index (κ1) is 19.1. The maximum Gasteiger partial charge on any atom is 0.387 e. The number of carboxylic acids is 1. The molecule has 2 aliphatic rings. The number of ether oxygens (including phenoxy) is 1. The van der Waals surface area contributed by atoms with Crippen LogP contribution >= 0.6 is 0 Å². The van der Waals surface area contributed by atoms with E-state index in [2.05, 4.69) is 10.1 Å². The van der Waals surface area contributed by atoms with E-state index in [-0.39, 0.29) is 17.9 Å². The summed E-state index contributed by atoms with van der Waals surface area (Å²) in [4.78, 5) is 37.8. The number of nitrogens with zero attached hydrogens (tertiary/aromatic N) is 1. The van der Waals surface area contributed by atoms with E-state index in [1.165, 1.54) is 23.1 Å². The van der Waals surface area contributed by atoms with Crippen molar-refractivity contribution in [2.45, 2.75) is 37.8 Å². The van der Waals surface area contributed by atoms with Gasteiger partial charge in [0.05, 0.1) is 11.5 Å². The third-order valence-corrected chi connectivity index (χ3v) is 4.93. The van der Waals surface area contributed by atoms with Crippen LogP contribution in [-0.2, 0) is 9.59 Å². The molecule has 1 aromatic carbocycles. The van der Waals surface area contributed by atoms with Crippen LogP contribution in [0.1, 0.15) is 36.0 Å². The van der Waals surface area contributed by atoms with Gasteiger partial charge in [0.2, 0.25) is 5.91 Å². The number of nitrogens with one attached hydrogen (secondary N) is 1. The van der Waals surface area contributed by atoms with Crippen LogP contribution in [0, 0.1) is 5.92 Å². The standard InChI is InChI=1S/C18H20F2N2O5/c19-17(20)27-13-6-2-1-5-12(13)15(24)22-9-3-4-11(10-22)14(23)21-18(7-8-18)16(25)26/h1-2,5-6,11,17H,3-4,7-10H2,(H,21,23)(H,25,26). The lowest BCUT2D eigenvalue weighted by atomic mass is 9.96. The third-order valence-electron chi connectivity index (χ3n) is 4.93. The first-order valence-electron chi connectivity index (χ1n) is 8.71. The minimum Gasteiger partial charge on any atom is -0.480 e. The zero-order valence-electron chi connectivity index (χ0n) is 14.5. The van der Waals surface area contributed by atoms with Crippen LogP contribution in [0.25, 0.3) is 0 Å². The van der Waals surface area contributed by atoms with Crippen molar-refractivity contribution in [3.8, 4) is 5.75 Å². The van der Waals surface area contributed by atoms with Crippen LogP contribution in [0.2, 0.25) is 0 Å².